The molecular weight excluding hydrogens is 350 g/mol. The predicted molar refractivity (Wildman–Crippen MR) is 89.8 cm³/mol. The predicted octanol–water partition coefficient (Wildman–Crippen LogP) is 2.43. The summed E-state index contributed by atoms with van der Waals surface area (Å²) in [5, 5.41) is 0. The van der Waals surface area contributed by atoms with E-state index >= 15 is 0 Å². The van der Waals surface area contributed by atoms with Crippen LogP contribution in [0.5, 0.6) is 11.5 Å². The van der Waals surface area contributed by atoms with Crippen LogP contribution in [0.25, 0.3) is 0 Å². The minimum atomic E-state index is -4.35. The fourth-order valence-corrected chi connectivity index (χ4v) is 3.13. The second kappa shape index (κ2) is 6.72. The van der Waals surface area contributed by atoms with Gasteiger partial charge in [-0.2, -0.15) is 12.7 Å². The lowest BCUT2D eigenvalue weighted by molar-refractivity contribution is -0.0779. The highest BCUT2D eigenvalue weighted by atomic mass is 32.2. The Balaban J connectivity index is 2.23. The van der Waals surface area contributed by atoms with Crippen LogP contribution in [0.1, 0.15) is 33.3 Å². The van der Waals surface area contributed by atoms with Crippen LogP contribution in [0.2, 0.25) is 0 Å². The van der Waals surface area contributed by atoms with Crippen LogP contribution in [-0.2, 0) is 25.2 Å². The lowest BCUT2D eigenvalue weighted by Gasteiger charge is -2.24. The Morgan fingerprint density at radius 1 is 1.32 bits per heavy atom. The quantitative estimate of drug-likeness (QED) is 0.783. The lowest BCUT2D eigenvalue weighted by Crippen LogP contribution is -2.37. The van der Waals surface area contributed by atoms with Crippen molar-refractivity contribution >= 4 is 16.4 Å². The van der Waals surface area contributed by atoms with Crippen molar-refractivity contribution in [1.29, 1.82) is 0 Å². The van der Waals surface area contributed by atoms with E-state index in [9.17, 15) is 13.2 Å². The average molecular weight is 373 g/mol. The van der Waals surface area contributed by atoms with Crippen LogP contribution in [0.15, 0.2) is 18.2 Å². The minimum absolute atomic E-state index is 0.0661. The maximum absolute atomic E-state index is 12.3. The molecule has 1 atom stereocenters. The Labute approximate surface area is 147 Å². The van der Waals surface area contributed by atoms with E-state index in [0.717, 1.165) is 12.6 Å². The summed E-state index contributed by atoms with van der Waals surface area (Å²) in [5.41, 5.74) is 0.259. The maximum atomic E-state index is 12.3. The molecule has 0 fully saturated rings. The number of amides is 1. The molecule has 140 valence electrons. The molecule has 0 radical (unpaired) electrons. The van der Waals surface area contributed by atoms with Crippen LogP contribution in [-0.4, -0.2) is 45.4 Å². The highest BCUT2D eigenvalue weighted by Crippen LogP contribution is 2.44. The van der Waals surface area contributed by atoms with Gasteiger partial charge in [-0.3, -0.25) is 0 Å². The minimum Gasteiger partial charge on any atom is -0.464 e. The summed E-state index contributed by atoms with van der Waals surface area (Å²) in [6.07, 6.45) is -1.95. The molecule has 25 heavy (non-hydrogen) atoms. The smallest absolute Gasteiger partial charge is 0.426 e. The van der Waals surface area contributed by atoms with E-state index in [1.165, 1.54) is 13.2 Å². The van der Waals surface area contributed by atoms with Crippen molar-refractivity contribution in [3.05, 3.63) is 23.8 Å². The molecule has 9 heteroatoms. The fraction of sp³-hybridized carbons (Fsp3) is 0.562. The van der Waals surface area contributed by atoms with Crippen molar-refractivity contribution < 1.29 is 31.6 Å². The van der Waals surface area contributed by atoms with Gasteiger partial charge in [0.2, 0.25) is 6.29 Å². The number of fused-ring (bicyclic) bond motifs is 1. The first-order chi connectivity index (χ1) is 11.5. The summed E-state index contributed by atoms with van der Waals surface area (Å²) in [7, 11) is -1.74. The van der Waals surface area contributed by atoms with Gasteiger partial charge in [-0.15, -0.1) is 0 Å². The topological polar surface area (TPSA) is 91.4 Å². The van der Waals surface area contributed by atoms with Crippen LogP contribution in [0.4, 0.5) is 4.79 Å². The molecule has 1 aromatic rings. The number of nitrogens with zero attached hydrogens (tertiary/aromatic N) is 1. The molecule has 1 unspecified atom stereocenters. The third-order valence-corrected chi connectivity index (χ3v) is 5.04. The van der Waals surface area contributed by atoms with E-state index in [1.54, 1.807) is 26.0 Å². The molecule has 8 nitrogen and oxygen atoms in total. The first-order valence-electron chi connectivity index (χ1n) is 7.72. The van der Waals surface area contributed by atoms with Gasteiger partial charge in [-0.05, 0) is 45.9 Å². The number of methoxy groups -OCH3 is 1. The molecule has 0 saturated carbocycles. The third-order valence-electron chi connectivity index (χ3n) is 3.81. The lowest BCUT2D eigenvalue weighted by atomic mass is 9.85. The van der Waals surface area contributed by atoms with E-state index in [0.29, 0.717) is 10.1 Å². The zero-order valence-electron chi connectivity index (χ0n) is 15.1. The summed E-state index contributed by atoms with van der Waals surface area (Å²) in [6, 6.07) is 4.62. The first-order valence-corrected chi connectivity index (χ1v) is 9.08. The maximum Gasteiger partial charge on any atom is 0.426 e. The first kappa shape index (κ1) is 19.3. The van der Waals surface area contributed by atoms with E-state index in [1.807, 2.05) is 13.8 Å². The molecule has 1 heterocycles. The highest BCUT2D eigenvalue weighted by molar-refractivity contribution is 7.85. The van der Waals surface area contributed by atoms with E-state index in [-0.39, 0.29) is 5.75 Å². The van der Waals surface area contributed by atoms with E-state index < -0.39 is 34.2 Å². The normalized spacial score (nSPS) is 18.4. The molecule has 0 aliphatic carbocycles. The van der Waals surface area contributed by atoms with Crippen molar-refractivity contribution in [3.63, 3.8) is 0 Å². The Morgan fingerprint density at radius 3 is 2.52 bits per heavy atom. The molecule has 1 aliphatic heterocycles. The van der Waals surface area contributed by atoms with Gasteiger partial charge in [-0.1, -0.05) is 0 Å². The van der Waals surface area contributed by atoms with Crippen LogP contribution < -0.4 is 8.92 Å². The van der Waals surface area contributed by atoms with Crippen LogP contribution in [0.3, 0.4) is 0 Å². The number of rotatable bonds is 5. The molecule has 0 aromatic heterocycles. The Hall–Kier alpha value is -2.00. The largest absolute Gasteiger partial charge is 0.464 e. The van der Waals surface area contributed by atoms with Gasteiger partial charge in [-0.25, -0.2) is 4.79 Å². The van der Waals surface area contributed by atoms with Gasteiger partial charge in [0.15, 0.2) is 0 Å². The van der Waals surface area contributed by atoms with E-state index in [2.05, 4.69) is 0 Å². The van der Waals surface area contributed by atoms with Crippen molar-refractivity contribution in [1.82, 2.24) is 4.31 Å². The molecular formula is C16H23NO7S. The van der Waals surface area contributed by atoms with Crippen LogP contribution in [0, 0.1) is 0 Å². The van der Waals surface area contributed by atoms with Gasteiger partial charge >= 0.3 is 16.4 Å². The summed E-state index contributed by atoms with van der Waals surface area (Å²) < 4.78 is 45.8. The molecule has 0 spiro atoms. The van der Waals surface area contributed by atoms with Crippen molar-refractivity contribution in [2.75, 3.05) is 14.2 Å². The number of carbonyl (C=O) groups excluding carboxylic acids is 1. The Morgan fingerprint density at radius 2 is 1.96 bits per heavy atom. The standard InChI is InChI=1S/C16H23NO7S/c1-10(2)22-15(18)17(5)25(19,20)24-11-7-8-13-12(9-11)16(3,4)14(21-6)23-13/h7-10,14H,1-6H3. The number of ether oxygens (including phenoxy) is 3. The monoisotopic (exact) mass is 373 g/mol. The van der Waals surface area contributed by atoms with E-state index in [4.69, 9.17) is 18.4 Å². The Kier molecular flexibility index (Phi) is 5.19. The molecule has 1 aliphatic rings. The van der Waals surface area contributed by atoms with Crippen molar-refractivity contribution in [2.24, 2.45) is 0 Å². The summed E-state index contributed by atoms with van der Waals surface area (Å²) >= 11 is 0. The zero-order chi connectivity index (χ0) is 19.0. The number of benzene rings is 1. The fourth-order valence-electron chi connectivity index (χ4n) is 2.44. The second-order valence-electron chi connectivity index (χ2n) is 6.51. The van der Waals surface area contributed by atoms with Gasteiger partial charge in [0, 0.05) is 19.7 Å². The number of hydrogen-bond acceptors (Lipinski definition) is 7. The molecule has 2 rings (SSSR count). The van der Waals surface area contributed by atoms with Gasteiger partial charge in [0.05, 0.1) is 11.5 Å². The highest BCUT2D eigenvalue weighted by Gasteiger charge is 2.42. The molecule has 0 bridgehead atoms. The third kappa shape index (κ3) is 3.82. The number of hydrogen-bond donors (Lipinski definition) is 0. The Bertz CT molecular complexity index is 758. The molecule has 0 saturated heterocycles. The van der Waals surface area contributed by atoms with Crippen LogP contribution >= 0.6 is 0 Å². The van der Waals surface area contributed by atoms with Gasteiger partial charge in [0.1, 0.15) is 11.5 Å². The number of carbonyl (C=O) groups is 1. The summed E-state index contributed by atoms with van der Waals surface area (Å²) in [6.45, 7) is 7.07. The second-order valence-corrected chi connectivity index (χ2v) is 8.08. The van der Waals surface area contributed by atoms with Crippen molar-refractivity contribution in [3.8, 4) is 11.5 Å². The van der Waals surface area contributed by atoms with Gasteiger partial charge in [0.25, 0.3) is 0 Å². The average Bonchev–Trinajstić information content (AvgIpc) is 2.76. The van der Waals surface area contributed by atoms with Gasteiger partial charge < -0.3 is 18.4 Å². The SMILES string of the molecule is COC1Oc2ccc(OS(=O)(=O)N(C)C(=O)OC(C)C)cc2C1(C)C. The molecule has 0 N–H and O–H groups in total. The molecule has 1 amide bonds. The zero-order valence-corrected chi connectivity index (χ0v) is 15.9. The summed E-state index contributed by atoms with van der Waals surface area (Å²) in [4.78, 5) is 11.8. The van der Waals surface area contributed by atoms with Crippen molar-refractivity contribution in [2.45, 2.75) is 45.5 Å². The summed E-state index contributed by atoms with van der Waals surface area (Å²) in [5.74, 6) is 0.658. The molecule has 1 aromatic carbocycles.